The summed E-state index contributed by atoms with van der Waals surface area (Å²) >= 11 is 6.32. The Morgan fingerprint density at radius 3 is 2.67 bits per heavy atom. The molecule has 3 heteroatoms. The second-order valence-corrected chi connectivity index (χ2v) is 5.27. The molecule has 0 unspecified atom stereocenters. The summed E-state index contributed by atoms with van der Waals surface area (Å²) in [5.41, 5.74) is 4.35. The summed E-state index contributed by atoms with van der Waals surface area (Å²) in [5, 5.41) is 5.18. The van der Waals surface area contributed by atoms with Gasteiger partial charge in [-0.3, -0.25) is 4.98 Å². The predicted octanol–water partition coefficient (Wildman–Crippen LogP) is 4.75. The summed E-state index contributed by atoms with van der Waals surface area (Å²) in [6.07, 6.45) is 0. The van der Waals surface area contributed by atoms with Gasteiger partial charge >= 0.3 is 0 Å². The maximum Gasteiger partial charge on any atom is 0.0770 e. The lowest BCUT2D eigenvalue weighted by Crippen LogP contribution is -2.02. The van der Waals surface area contributed by atoms with Crippen molar-refractivity contribution >= 4 is 28.2 Å². The van der Waals surface area contributed by atoms with Crippen molar-refractivity contribution in [3.8, 4) is 0 Å². The molecule has 1 heterocycles. The van der Waals surface area contributed by atoms with E-state index in [1.54, 1.807) is 0 Å². The molecule has 0 bridgehead atoms. The van der Waals surface area contributed by atoms with Gasteiger partial charge in [-0.2, -0.15) is 0 Å². The lowest BCUT2D eigenvalue weighted by atomic mass is 10.0. The van der Waals surface area contributed by atoms with Crippen molar-refractivity contribution in [2.24, 2.45) is 0 Å². The molecule has 0 spiro atoms. The maximum absolute atomic E-state index is 6.32. The topological polar surface area (TPSA) is 24.9 Å². The number of hydrogen-bond acceptors (Lipinski definition) is 2. The molecule has 1 aromatic carbocycles. The molecule has 0 fully saturated rings. The number of hydrogen-bond donors (Lipinski definition) is 1. The number of nitrogens with one attached hydrogen (secondary N) is 1. The highest BCUT2D eigenvalue weighted by Gasteiger charge is 2.12. The standard InChI is InChI=1S/C15H19ClN2/c1-5-17-13-8-12(9(2)3)18-15-10(4)6-7-11(16)14(13)15/h6-9H,5H2,1-4H3,(H,17,18). The van der Waals surface area contributed by atoms with Crippen LogP contribution >= 0.6 is 11.6 Å². The van der Waals surface area contributed by atoms with Gasteiger partial charge in [0.15, 0.2) is 0 Å². The van der Waals surface area contributed by atoms with Crippen molar-refractivity contribution in [2.45, 2.75) is 33.6 Å². The normalized spacial score (nSPS) is 11.2. The molecule has 0 radical (unpaired) electrons. The third kappa shape index (κ3) is 2.30. The molecule has 0 saturated heterocycles. The SMILES string of the molecule is CCNc1cc(C(C)C)nc2c(C)ccc(Cl)c12. The third-order valence-electron chi connectivity index (χ3n) is 3.09. The van der Waals surface area contributed by atoms with E-state index in [0.717, 1.165) is 39.4 Å². The lowest BCUT2D eigenvalue weighted by Gasteiger charge is -2.15. The molecule has 0 amide bonds. The van der Waals surface area contributed by atoms with Crippen molar-refractivity contribution in [3.63, 3.8) is 0 Å². The molecule has 2 nitrogen and oxygen atoms in total. The number of aryl methyl sites for hydroxylation is 1. The van der Waals surface area contributed by atoms with Crippen LogP contribution in [0.5, 0.6) is 0 Å². The molecule has 1 N–H and O–H groups in total. The summed E-state index contributed by atoms with van der Waals surface area (Å²) < 4.78 is 0. The lowest BCUT2D eigenvalue weighted by molar-refractivity contribution is 0.829. The van der Waals surface area contributed by atoms with Gasteiger partial charge < -0.3 is 5.32 Å². The van der Waals surface area contributed by atoms with Crippen molar-refractivity contribution in [1.29, 1.82) is 0 Å². The van der Waals surface area contributed by atoms with E-state index in [-0.39, 0.29) is 0 Å². The van der Waals surface area contributed by atoms with E-state index in [1.807, 2.05) is 12.1 Å². The molecule has 96 valence electrons. The van der Waals surface area contributed by atoms with Crippen molar-refractivity contribution in [1.82, 2.24) is 4.98 Å². The molecular formula is C15H19ClN2. The molecule has 2 rings (SSSR count). The third-order valence-corrected chi connectivity index (χ3v) is 3.41. The zero-order valence-corrected chi connectivity index (χ0v) is 12.1. The van der Waals surface area contributed by atoms with Gasteiger partial charge in [-0.05, 0) is 37.5 Å². The average Bonchev–Trinajstić information content (AvgIpc) is 2.33. The monoisotopic (exact) mass is 262 g/mol. The fourth-order valence-corrected chi connectivity index (χ4v) is 2.33. The van der Waals surface area contributed by atoms with Crippen LogP contribution in [0.25, 0.3) is 10.9 Å². The number of benzene rings is 1. The molecule has 0 aliphatic rings. The molecule has 0 saturated carbocycles. The van der Waals surface area contributed by atoms with Crippen LogP contribution in [-0.4, -0.2) is 11.5 Å². The van der Waals surface area contributed by atoms with Crippen molar-refractivity contribution in [3.05, 3.63) is 34.5 Å². The van der Waals surface area contributed by atoms with E-state index >= 15 is 0 Å². The number of halogens is 1. The summed E-state index contributed by atoms with van der Waals surface area (Å²) in [6.45, 7) is 9.35. The van der Waals surface area contributed by atoms with Gasteiger partial charge in [-0.15, -0.1) is 0 Å². The van der Waals surface area contributed by atoms with Crippen molar-refractivity contribution in [2.75, 3.05) is 11.9 Å². The summed E-state index contributed by atoms with van der Waals surface area (Å²) in [6, 6.07) is 6.08. The van der Waals surface area contributed by atoms with Gasteiger partial charge in [-0.1, -0.05) is 31.5 Å². The van der Waals surface area contributed by atoms with Crippen LogP contribution in [0.15, 0.2) is 18.2 Å². The Labute approximate surface area is 113 Å². The van der Waals surface area contributed by atoms with Gasteiger partial charge in [0.05, 0.1) is 10.5 Å². The Hall–Kier alpha value is -1.28. The smallest absolute Gasteiger partial charge is 0.0770 e. The summed E-state index contributed by atoms with van der Waals surface area (Å²) in [4.78, 5) is 4.75. The molecule has 0 aliphatic heterocycles. The van der Waals surface area contributed by atoms with Crippen LogP contribution in [0, 0.1) is 6.92 Å². The molecule has 1 aromatic heterocycles. The largest absolute Gasteiger partial charge is 0.385 e. The zero-order chi connectivity index (χ0) is 13.3. The molecule has 0 atom stereocenters. The molecular weight excluding hydrogens is 244 g/mol. The minimum Gasteiger partial charge on any atom is -0.385 e. The fourth-order valence-electron chi connectivity index (χ4n) is 2.08. The summed E-state index contributed by atoms with van der Waals surface area (Å²) in [7, 11) is 0. The van der Waals surface area contributed by atoms with E-state index in [2.05, 4.69) is 39.1 Å². The van der Waals surface area contributed by atoms with Gasteiger partial charge in [0.25, 0.3) is 0 Å². The number of fused-ring (bicyclic) bond motifs is 1. The highest BCUT2D eigenvalue weighted by atomic mass is 35.5. The van der Waals surface area contributed by atoms with Crippen LogP contribution in [-0.2, 0) is 0 Å². The Morgan fingerprint density at radius 2 is 2.06 bits per heavy atom. The average molecular weight is 263 g/mol. The number of nitrogens with zero attached hydrogens (tertiary/aromatic N) is 1. The van der Waals surface area contributed by atoms with Gasteiger partial charge in [0, 0.05) is 23.3 Å². The second kappa shape index (κ2) is 5.15. The maximum atomic E-state index is 6.32. The first-order chi connectivity index (χ1) is 8.54. The second-order valence-electron chi connectivity index (χ2n) is 4.87. The molecule has 0 aliphatic carbocycles. The van der Waals surface area contributed by atoms with Gasteiger partial charge in [-0.25, -0.2) is 0 Å². The highest BCUT2D eigenvalue weighted by Crippen LogP contribution is 2.33. The van der Waals surface area contributed by atoms with E-state index in [0.29, 0.717) is 5.92 Å². The molecule has 18 heavy (non-hydrogen) atoms. The number of anilines is 1. The summed E-state index contributed by atoms with van der Waals surface area (Å²) in [5.74, 6) is 0.408. The first kappa shape index (κ1) is 13.2. The highest BCUT2D eigenvalue weighted by molar-refractivity contribution is 6.36. The van der Waals surface area contributed by atoms with Gasteiger partial charge in [0.1, 0.15) is 0 Å². The predicted molar refractivity (Wildman–Crippen MR) is 79.7 cm³/mol. The Kier molecular flexibility index (Phi) is 3.76. The first-order valence-corrected chi connectivity index (χ1v) is 6.76. The number of pyridine rings is 1. The van der Waals surface area contributed by atoms with Crippen molar-refractivity contribution < 1.29 is 0 Å². The Balaban J connectivity index is 2.80. The number of rotatable bonds is 3. The Bertz CT molecular complexity index is 576. The fraction of sp³-hybridized carbons (Fsp3) is 0.400. The van der Waals surface area contributed by atoms with E-state index in [9.17, 15) is 0 Å². The minimum absolute atomic E-state index is 0.408. The van der Waals surface area contributed by atoms with E-state index < -0.39 is 0 Å². The van der Waals surface area contributed by atoms with Crippen LogP contribution in [0.1, 0.15) is 37.9 Å². The van der Waals surface area contributed by atoms with E-state index in [4.69, 9.17) is 16.6 Å². The Morgan fingerprint density at radius 1 is 1.33 bits per heavy atom. The van der Waals surface area contributed by atoms with Gasteiger partial charge in [0.2, 0.25) is 0 Å². The number of aromatic nitrogens is 1. The molecule has 2 aromatic rings. The quantitative estimate of drug-likeness (QED) is 0.863. The first-order valence-electron chi connectivity index (χ1n) is 6.38. The minimum atomic E-state index is 0.408. The van der Waals surface area contributed by atoms with Crippen LogP contribution < -0.4 is 5.32 Å². The van der Waals surface area contributed by atoms with Crippen LogP contribution in [0.2, 0.25) is 5.02 Å². The zero-order valence-electron chi connectivity index (χ0n) is 11.3. The van der Waals surface area contributed by atoms with Crippen LogP contribution in [0.4, 0.5) is 5.69 Å². The van der Waals surface area contributed by atoms with Crippen LogP contribution in [0.3, 0.4) is 0 Å². The van der Waals surface area contributed by atoms with E-state index in [1.165, 1.54) is 0 Å².